The third-order valence-electron chi connectivity index (χ3n) is 2.78. The van der Waals surface area contributed by atoms with Gasteiger partial charge in [-0.1, -0.05) is 0 Å². The van der Waals surface area contributed by atoms with Crippen molar-refractivity contribution in [2.45, 2.75) is 6.54 Å². The van der Waals surface area contributed by atoms with E-state index in [0.717, 1.165) is 29.9 Å². The molecule has 0 atom stereocenters. The van der Waals surface area contributed by atoms with Gasteiger partial charge in [0.25, 0.3) is 0 Å². The van der Waals surface area contributed by atoms with Gasteiger partial charge in [0.15, 0.2) is 5.65 Å². The van der Waals surface area contributed by atoms with Gasteiger partial charge in [-0.3, -0.25) is 4.90 Å². The van der Waals surface area contributed by atoms with Crippen LogP contribution in [0.4, 0.5) is 0 Å². The fourth-order valence-electron chi connectivity index (χ4n) is 1.87. The molecule has 8 heteroatoms. The summed E-state index contributed by atoms with van der Waals surface area (Å²) >= 11 is 17.5. The first kappa shape index (κ1) is 14.8. The molecule has 0 fully saturated rings. The monoisotopic (exact) mass is 321 g/mol. The van der Waals surface area contributed by atoms with Gasteiger partial charge in [0, 0.05) is 38.4 Å². The number of nitrogens with zero attached hydrogens (tertiary/aromatic N) is 5. The van der Waals surface area contributed by atoms with E-state index in [-0.39, 0.29) is 5.28 Å². The molecular formula is C11H14Cl3N5. The lowest BCUT2D eigenvalue weighted by atomic mass is 10.3. The third kappa shape index (κ3) is 3.48. The normalized spacial score (nSPS) is 11.6. The van der Waals surface area contributed by atoms with Crippen molar-refractivity contribution >= 4 is 46.0 Å². The number of rotatable bonds is 6. The summed E-state index contributed by atoms with van der Waals surface area (Å²) in [5.41, 5.74) is 2.29. The second-order valence-electron chi connectivity index (χ2n) is 4.12. The maximum atomic E-state index is 5.96. The van der Waals surface area contributed by atoms with Gasteiger partial charge in [0.05, 0.1) is 12.0 Å². The van der Waals surface area contributed by atoms with Crippen molar-refractivity contribution in [2.24, 2.45) is 7.05 Å². The number of hydrogen-bond donors (Lipinski definition) is 0. The summed E-state index contributed by atoms with van der Waals surface area (Å²) in [6.07, 6.45) is 1.70. The Morgan fingerprint density at radius 3 is 2.53 bits per heavy atom. The van der Waals surface area contributed by atoms with E-state index < -0.39 is 0 Å². The molecule has 0 bridgehead atoms. The number of aryl methyl sites for hydroxylation is 1. The lowest BCUT2D eigenvalue weighted by molar-refractivity contribution is 0.297. The highest BCUT2D eigenvalue weighted by Crippen LogP contribution is 2.17. The van der Waals surface area contributed by atoms with E-state index in [1.54, 1.807) is 6.33 Å². The van der Waals surface area contributed by atoms with Crippen LogP contribution in [-0.4, -0.2) is 49.3 Å². The minimum Gasteiger partial charge on any atom is -0.318 e. The summed E-state index contributed by atoms with van der Waals surface area (Å²) in [6.45, 7) is 2.09. The Morgan fingerprint density at radius 2 is 1.89 bits per heavy atom. The molecule has 5 nitrogen and oxygen atoms in total. The highest BCUT2D eigenvalue weighted by Gasteiger charge is 2.14. The fourth-order valence-corrected chi connectivity index (χ4v) is 2.53. The standard InChI is InChI=1S/C11H14Cl3N5/c1-18-7-15-9-8(16-11(14)17-10(9)18)6-19(4-2-12)5-3-13/h7H,2-6H2,1H3. The number of alkyl halides is 2. The maximum Gasteiger partial charge on any atom is 0.224 e. The summed E-state index contributed by atoms with van der Waals surface area (Å²) in [6, 6.07) is 0. The average molecular weight is 323 g/mol. The average Bonchev–Trinajstić information content (AvgIpc) is 2.72. The lowest BCUT2D eigenvalue weighted by Crippen LogP contribution is -2.28. The first-order valence-electron chi connectivity index (χ1n) is 5.83. The molecule has 104 valence electrons. The highest BCUT2D eigenvalue weighted by atomic mass is 35.5. The number of fused-ring (bicyclic) bond motifs is 1. The van der Waals surface area contributed by atoms with Crippen LogP contribution in [0.5, 0.6) is 0 Å². The molecular weight excluding hydrogens is 309 g/mol. The lowest BCUT2D eigenvalue weighted by Gasteiger charge is -2.19. The Kier molecular flexibility index (Phi) is 5.21. The molecule has 2 aromatic rings. The van der Waals surface area contributed by atoms with E-state index in [9.17, 15) is 0 Å². The van der Waals surface area contributed by atoms with Gasteiger partial charge < -0.3 is 4.57 Å². The number of aromatic nitrogens is 4. The van der Waals surface area contributed by atoms with Crippen LogP contribution in [0.1, 0.15) is 5.69 Å². The second-order valence-corrected chi connectivity index (χ2v) is 5.22. The minimum absolute atomic E-state index is 0.225. The molecule has 2 heterocycles. The van der Waals surface area contributed by atoms with Crippen molar-refractivity contribution in [3.05, 3.63) is 17.3 Å². The van der Waals surface area contributed by atoms with E-state index in [4.69, 9.17) is 34.8 Å². The summed E-state index contributed by atoms with van der Waals surface area (Å²) < 4.78 is 1.82. The van der Waals surface area contributed by atoms with Crippen LogP contribution in [0.25, 0.3) is 11.2 Å². The van der Waals surface area contributed by atoms with Crippen LogP contribution >= 0.6 is 34.8 Å². The van der Waals surface area contributed by atoms with Gasteiger partial charge in [-0.2, -0.15) is 4.98 Å². The van der Waals surface area contributed by atoms with Crippen LogP contribution in [0.3, 0.4) is 0 Å². The molecule has 0 N–H and O–H groups in total. The van der Waals surface area contributed by atoms with Gasteiger partial charge in [-0.05, 0) is 11.6 Å². The molecule has 19 heavy (non-hydrogen) atoms. The smallest absolute Gasteiger partial charge is 0.224 e. The first-order chi connectivity index (χ1) is 9.15. The zero-order valence-electron chi connectivity index (χ0n) is 10.5. The Morgan fingerprint density at radius 1 is 1.21 bits per heavy atom. The molecule has 0 spiro atoms. The van der Waals surface area contributed by atoms with Crippen LogP contribution < -0.4 is 0 Å². The quantitative estimate of drug-likeness (QED) is 0.605. The summed E-state index contributed by atoms with van der Waals surface area (Å²) in [4.78, 5) is 14.9. The second kappa shape index (κ2) is 6.70. The van der Waals surface area contributed by atoms with Crippen molar-refractivity contribution in [3.63, 3.8) is 0 Å². The number of hydrogen-bond acceptors (Lipinski definition) is 4. The Labute approximate surface area is 126 Å². The first-order valence-corrected chi connectivity index (χ1v) is 7.28. The molecule has 0 unspecified atom stereocenters. The molecule has 0 aromatic carbocycles. The van der Waals surface area contributed by atoms with Gasteiger partial charge >= 0.3 is 0 Å². The largest absolute Gasteiger partial charge is 0.318 e. The van der Waals surface area contributed by atoms with Crippen molar-refractivity contribution in [1.29, 1.82) is 0 Å². The molecule has 0 radical (unpaired) electrons. The zero-order chi connectivity index (χ0) is 13.8. The van der Waals surface area contributed by atoms with E-state index in [2.05, 4.69) is 19.9 Å². The summed E-state index contributed by atoms with van der Waals surface area (Å²) in [5, 5.41) is 0.225. The van der Waals surface area contributed by atoms with E-state index in [1.165, 1.54) is 0 Å². The molecule has 0 aliphatic heterocycles. The third-order valence-corrected chi connectivity index (χ3v) is 3.29. The molecule has 2 rings (SSSR count). The van der Waals surface area contributed by atoms with Crippen molar-refractivity contribution in [3.8, 4) is 0 Å². The number of halogens is 3. The van der Waals surface area contributed by atoms with Crippen LogP contribution in [0.2, 0.25) is 5.28 Å². The van der Waals surface area contributed by atoms with Crippen molar-refractivity contribution in [1.82, 2.24) is 24.4 Å². The molecule has 0 aliphatic carbocycles. The van der Waals surface area contributed by atoms with E-state index in [0.29, 0.717) is 18.3 Å². The number of imidazole rings is 1. The Bertz CT molecular complexity index is 550. The highest BCUT2D eigenvalue weighted by molar-refractivity contribution is 6.28. The Balaban J connectivity index is 2.32. The molecule has 0 amide bonds. The van der Waals surface area contributed by atoms with Crippen molar-refractivity contribution in [2.75, 3.05) is 24.8 Å². The fraction of sp³-hybridized carbons (Fsp3) is 0.545. The molecule has 0 saturated heterocycles. The topological polar surface area (TPSA) is 46.8 Å². The van der Waals surface area contributed by atoms with Gasteiger partial charge in [0.2, 0.25) is 5.28 Å². The predicted octanol–water partition coefficient (Wildman–Crippen LogP) is 2.30. The minimum atomic E-state index is 0.225. The van der Waals surface area contributed by atoms with Crippen LogP contribution in [0, 0.1) is 0 Å². The van der Waals surface area contributed by atoms with Crippen LogP contribution in [0.15, 0.2) is 6.33 Å². The van der Waals surface area contributed by atoms with Gasteiger partial charge in [-0.15, -0.1) is 23.2 Å². The molecule has 0 saturated carbocycles. The van der Waals surface area contributed by atoms with E-state index in [1.807, 2.05) is 11.6 Å². The van der Waals surface area contributed by atoms with Gasteiger partial charge in [0.1, 0.15) is 5.52 Å². The van der Waals surface area contributed by atoms with Crippen LogP contribution in [-0.2, 0) is 13.6 Å². The molecule has 2 aromatic heterocycles. The van der Waals surface area contributed by atoms with Crippen molar-refractivity contribution < 1.29 is 0 Å². The maximum absolute atomic E-state index is 5.96. The SMILES string of the molecule is Cn1cnc2c(CN(CCCl)CCCl)nc(Cl)nc21. The molecule has 0 aliphatic rings. The van der Waals surface area contributed by atoms with E-state index >= 15 is 0 Å². The predicted molar refractivity (Wildman–Crippen MR) is 78.0 cm³/mol. The summed E-state index contributed by atoms with van der Waals surface area (Å²) in [5.74, 6) is 1.09. The zero-order valence-corrected chi connectivity index (χ0v) is 12.8. The van der Waals surface area contributed by atoms with Gasteiger partial charge in [-0.25, -0.2) is 9.97 Å². The summed E-state index contributed by atoms with van der Waals surface area (Å²) in [7, 11) is 1.87. The Hall–Kier alpha value is -0.620.